The van der Waals surface area contributed by atoms with Gasteiger partial charge in [0.25, 0.3) is 0 Å². The Bertz CT molecular complexity index is 455. The van der Waals surface area contributed by atoms with Gasteiger partial charge in [0.15, 0.2) is 4.47 Å². The minimum atomic E-state index is 0.495. The summed E-state index contributed by atoms with van der Waals surface area (Å²) in [5.74, 6) is 0.660. The minimum absolute atomic E-state index is 0.495. The van der Waals surface area contributed by atoms with E-state index in [0.717, 1.165) is 10.2 Å². The molecule has 5 heteroatoms. The molecule has 13 heavy (non-hydrogen) atoms. The molecular weight excluding hydrogens is 208 g/mol. The van der Waals surface area contributed by atoms with Crippen molar-refractivity contribution in [1.29, 1.82) is 0 Å². The summed E-state index contributed by atoms with van der Waals surface area (Å²) in [7, 11) is 1.58. The molecule has 0 saturated carbocycles. The lowest BCUT2D eigenvalue weighted by molar-refractivity contribution is 0.417. The Morgan fingerprint density at radius 2 is 2.31 bits per heavy atom. The van der Waals surface area contributed by atoms with Crippen molar-refractivity contribution < 1.29 is 4.74 Å². The van der Waals surface area contributed by atoms with Crippen molar-refractivity contribution in [3.63, 3.8) is 0 Å². The second kappa shape index (κ2) is 3.05. The van der Waals surface area contributed by atoms with Crippen molar-refractivity contribution in [3.8, 4) is 5.75 Å². The largest absolute Gasteiger partial charge is 0.495 e. The molecule has 3 nitrogen and oxygen atoms in total. The molecule has 1 aromatic carbocycles. The summed E-state index contributed by atoms with van der Waals surface area (Å²) in [5, 5.41) is 0. The van der Waals surface area contributed by atoms with Gasteiger partial charge >= 0.3 is 0 Å². The topological polar surface area (TPSA) is 48.1 Å². The number of nitrogen functional groups attached to an aromatic ring is 1. The fraction of sp³-hybridized carbons (Fsp3) is 0.125. The van der Waals surface area contributed by atoms with E-state index >= 15 is 0 Å². The van der Waals surface area contributed by atoms with Crippen LogP contribution in [0.25, 0.3) is 10.2 Å². The lowest BCUT2D eigenvalue weighted by Gasteiger charge is -2.02. The maximum Gasteiger partial charge on any atom is 0.184 e. The molecule has 0 aliphatic heterocycles. The molecule has 1 heterocycles. The van der Waals surface area contributed by atoms with Gasteiger partial charge in [-0.05, 0) is 12.1 Å². The first kappa shape index (κ1) is 8.59. The van der Waals surface area contributed by atoms with Crippen molar-refractivity contribution in [2.24, 2.45) is 0 Å². The SMILES string of the molecule is COc1ccc2nc(Cl)sc2c1N. The Labute approximate surface area is 84.1 Å². The van der Waals surface area contributed by atoms with Crippen LogP contribution in [0.15, 0.2) is 12.1 Å². The number of anilines is 1. The van der Waals surface area contributed by atoms with Gasteiger partial charge in [-0.15, -0.1) is 11.3 Å². The molecule has 0 spiro atoms. The Morgan fingerprint density at radius 3 is 3.00 bits per heavy atom. The Morgan fingerprint density at radius 1 is 1.54 bits per heavy atom. The Hall–Kier alpha value is -1.00. The number of nitrogens with two attached hydrogens (primary N) is 1. The van der Waals surface area contributed by atoms with Crippen LogP contribution in [-0.4, -0.2) is 12.1 Å². The summed E-state index contributed by atoms with van der Waals surface area (Å²) in [6.45, 7) is 0. The van der Waals surface area contributed by atoms with E-state index in [1.54, 1.807) is 13.2 Å². The Kier molecular flexibility index (Phi) is 2.01. The van der Waals surface area contributed by atoms with Crippen LogP contribution < -0.4 is 10.5 Å². The third kappa shape index (κ3) is 1.32. The number of hydrogen-bond acceptors (Lipinski definition) is 4. The van der Waals surface area contributed by atoms with Crippen LogP contribution in [0.2, 0.25) is 4.47 Å². The molecule has 0 aliphatic carbocycles. The molecule has 0 aliphatic rings. The van der Waals surface area contributed by atoms with Gasteiger partial charge in [0.2, 0.25) is 0 Å². The fourth-order valence-electron chi connectivity index (χ4n) is 1.15. The van der Waals surface area contributed by atoms with Crippen molar-refractivity contribution in [1.82, 2.24) is 4.98 Å². The smallest absolute Gasteiger partial charge is 0.184 e. The van der Waals surface area contributed by atoms with Crippen LogP contribution in [0, 0.1) is 0 Å². The molecule has 0 radical (unpaired) electrons. The predicted octanol–water partition coefficient (Wildman–Crippen LogP) is 2.54. The van der Waals surface area contributed by atoms with Gasteiger partial charge in [-0.2, -0.15) is 0 Å². The van der Waals surface area contributed by atoms with E-state index in [0.29, 0.717) is 15.9 Å². The van der Waals surface area contributed by atoms with Gasteiger partial charge < -0.3 is 10.5 Å². The molecule has 2 N–H and O–H groups in total. The van der Waals surface area contributed by atoms with Gasteiger partial charge in [-0.1, -0.05) is 11.6 Å². The molecular formula is C8H7ClN2OS. The van der Waals surface area contributed by atoms with Crippen LogP contribution in [0.3, 0.4) is 0 Å². The quantitative estimate of drug-likeness (QED) is 0.743. The second-order valence-electron chi connectivity index (χ2n) is 2.50. The summed E-state index contributed by atoms with van der Waals surface area (Å²) < 4.78 is 6.45. The number of methoxy groups -OCH3 is 1. The number of thiazole rings is 1. The van der Waals surface area contributed by atoms with Gasteiger partial charge in [0, 0.05) is 0 Å². The second-order valence-corrected chi connectivity index (χ2v) is 4.08. The minimum Gasteiger partial charge on any atom is -0.495 e. The molecule has 2 rings (SSSR count). The molecule has 0 amide bonds. The summed E-state index contributed by atoms with van der Waals surface area (Å²) in [5.41, 5.74) is 7.24. The molecule has 2 aromatic rings. The molecule has 0 fully saturated rings. The predicted molar refractivity (Wildman–Crippen MR) is 55.6 cm³/mol. The van der Waals surface area contributed by atoms with Crippen LogP contribution in [0.4, 0.5) is 5.69 Å². The van der Waals surface area contributed by atoms with E-state index in [1.807, 2.05) is 6.07 Å². The molecule has 68 valence electrons. The number of hydrogen-bond donors (Lipinski definition) is 1. The van der Waals surface area contributed by atoms with Crippen LogP contribution in [-0.2, 0) is 0 Å². The lowest BCUT2D eigenvalue weighted by Crippen LogP contribution is -1.91. The first-order valence-corrected chi connectivity index (χ1v) is 4.80. The zero-order valence-corrected chi connectivity index (χ0v) is 8.45. The standard InChI is InChI=1S/C8H7ClN2OS/c1-12-5-3-2-4-7(6(5)10)13-8(9)11-4/h2-3H,10H2,1H3. The molecule has 0 unspecified atom stereocenters. The zero-order chi connectivity index (χ0) is 9.42. The lowest BCUT2D eigenvalue weighted by atomic mass is 10.3. The van der Waals surface area contributed by atoms with Crippen molar-refractivity contribution in [2.75, 3.05) is 12.8 Å². The number of fused-ring (bicyclic) bond motifs is 1. The number of rotatable bonds is 1. The van der Waals surface area contributed by atoms with Gasteiger partial charge in [0.05, 0.1) is 23.0 Å². The third-order valence-corrected chi connectivity index (χ3v) is 2.96. The average Bonchev–Trinajstić information content (AvgIpc) is 2.47. The number of halogens is 1. The van der Waals surface area contributed by atoms with Crippen molar-refractivity contribution >= 4 is 38.8 Å². The summed E-state index contributed by atoms with van der Waals surface area (Å²) in [6, 6.07) is 3.63. The monoisotopic (exact) mass is 214 g/mol. The maximum absolute atomic E-state index is 5.83. The highest BCUT2D eigenvalue weighted by molar-refractivity contribution is 7.22. The van der Waals surface area contributed by atoms with E-state index in [1.165, 1.54) is 11.3 Å². The summed E-state index contributed by atoms with van der Waals surface area (Å²) in [4.78, 5) is 4.10. The first-order valence-electron chi connectivity index (χ1n) is 3.61. The molecule has 0 atom stereocenters. The normalized spacial score (nSPS) is 10.6. The highest BCUT2D eigenvalue weighted by Gasteiger charge is 2.08. The van der Waals surface area contributed by atoms with Gasteiger partial charge in [0.1, 0.15) is 5.75 Å². The highest BCUT2D eigenvalue weighted by Crippen LogP contribution is 2.35. The third-order valence-electron chi connectivity index (χ3n) is 1.75. The summed E-state index contributed by atoms with van der Waals surface area (Å²) >= 11 is 7.12. The van der Waals surface area contributed by atoms with Crippen LogP contribution >= 0.6 is 22.9 Å². The van der Waals surface area contributed by atoms with Gasteiger partial charge in [-0.3, -0.25) is 0 Å². The molecule has 0 saturated heterocycles. The number of benzene rings is 1. The van der Waals surface area contributed by atoms with E-state index in [9.17, 15) is 0 Å². The van der Waals surface area contributed by atoms with E-state index in [4.69, 9.17) is 22.1 Å². The van der Waals surface area contributed by atoms with Crippen LogP contribution in [0.1, 0.15) is 0 Å². The van der Waals surface area contributed by atoms with Crippen LogP contribution in [0.5, 0.6) is 5.75 Å². The van der Waals surface area contributed by atoms with Crippen molar-refractivity contribution in [2.45, 2.75) is 0 Å². The number of aromatic nitrogens is 1. The highest BCUT2D eigenvalue weighted by atomic mass is 35.5. The average molecular weight is 215 g/mol. The molecule has 0 bridgehead atoms. The zero-order valence-electron chi connectivity index (χ0n) is 6.87. The summed E-state index contributed by atoms with van der Waals surface area (Å²) in [6.07, 6.45) is 0. The van der Waals surface area contributed by atoms with Gasteiger partial charge in [-0.25, -0.2) is 4.98 Å². The number of nitrogens with zero attached hydrogens (tertiary/aromatic N) is 1. The first-order chi connectivity index (χ1) is 6.22. The van der Waals surface area contributed by atoms with Crippen molar-refractivity contribution in [3.05, 3.63) is 16.6 Å². The maximum atomic E-state index is 5.83. The Balaban J connectivity index is 2.78. The van der Waals surface area contributed by atoms with E-state index < -0.39 is 0 Å². The fourth-order valence-corrected chi connectivity index (χ4v) is 2.21. The molecule has 1 aromatic heterocycles. The van der Waals surface area contributed by atoms with E-state index in [-0.39, 0.29) is 0 Å². The van der Waals surface area contributed by atoms with E-state index in [2.05, 4.69) is 4.98 Å². The number of ether oxygens (including phenoxy) is 1.